The van der Waals surface area contributed by atoms with Crippen LogP contribution in [-0.4, -0.2) is 23.4 Å². The van der Waals surface area contributed by atoms with Crippen LogP contribution in [0.5, 0.6) is 0 Å². The normalized spacial score (nSPS) is 38.0. The van der Waals surface area contributed by atoms with Crippen molar-refractivity contribution in [1.29, 1.82) is 0 Å². The van der Waals surface area contributed by atoms with E-state index >= 15 is 0 Å². The third-order valence-electron chi connectivity index (χ3n) is 8.49. The molecule has 2 bridgehead atoms. The molecule has 0 aromatic carbocycles. The average molecular weight is 409 g/mol. The van der Waals surface area contributed by atoms with Gasteiger partial charge in [0.1, 0.15) is 0 Å². The molecule has 2 nitrogen and oxygen atoms in total. The van der Waals surface area contributed by atoms with Crippen LogP contribution in [-0.2, 0) is 4.74 Å². The summed E-state index contributed by atoms with van der Waals surface area (Å²) in [6.45, 7) is 24.3. The summed E-state index contributed by atoms with van der Waals surface area (Å²) in [5.41, 5.74) is 0.735. The van der Waals surface area contributed by atoms with E-state index in [-0.39, 0.29) is 11.7 Å². The first-order valence-electron chi connectivity index (χ1n) is 12.6. The Kier molecular flexibility index (Phi) is 7.98. The van der Waals surface area contributed by atoms with Gasteiger partial charge >= 0.3 is 0 Å². The van der Waals surface area contributed by atoms with Gasteiger partial charge in [-0.25, -0.2) is 0 Å². The quantitative estimate of drug-likeness (QED) is 0.527. The molecule has 3 aliphatic rings. The van der Waals surface area contributed by atoms with Gasteiger partial charge in [0.05, 0.1) is 18.3 Å². The summed E-state index contributed by atoms with van der Waals surface area (Å²) < 4.78 is 6.64. The number of hydrogen-bond acceptors (Lipinski definition) is 2. The maximum atomic E-state index is 9.82. The lowest BCUT2D eigenvalue weighted by molar-refractivity contribution is -0.107. The van der Waals surface area contributed by atoms with Gasteiger partial charge in [0, 0.05) is 0 Å². The van der Waals surface area contributed by atoms with E-state index in [0.717, 1.165) is 61.9 Å². The van der Waals surface area contributed by atoms with Crippen LogP contribution in [0.4, 0.5) is 0 Å². The molecule has 0 aromatic rings. The molecule has 0 radical (unpaired) electrons. The first-order chi connectivity index (χ1) is 13.3. The minimum atomic E-state index is -0.0792. The van der Waals surface area contributed by atoms with Gasteiger partial charge in [-0.15, -0.1) is 0 Å². The molecular formula is C27H52O2. The predicted molar refractivity (Wildman–Crippen MR) is 125 cm³/mol. The molecule has 0 spiro atoms. The summed E-state index contributed by atoms with van der Waals surface area (Å²) in [6, 6.07) is 0. The molecule has 3 saturated carbocycles. The zero-order chi connectivity index (χ0) is 22.2. The van der Waals surface area contributed by atoms with Crippen molar-refractivity contribution in [1.82, 2.24) is 0 Å². The fourth-order valence-electron chi connectivity index (χ4n) is 7.32. The summed E-state index contributed by atoms with van der Waals surface area (Å²) in [5.74, 6) is 4.74. The Morgan fingerprint density at radius 2 is 1.28 bits per heavy atom. The number of hydrogen-bond donors (Lipinski definition) is 1. The highest BCUT2D eigenvalue weighted by molar-refractivity contribution is 5.07. The Hall–Kier alpha value is -0.0800. The number of aliphatic hydroxyl groups is 1. The van der Waals surface area contributed by atoms with Gasteiger partial charge in [0.2, 0.25) is 0 Å². The average Bonchev–Trinajstić information content (AvgIpc) is 3.19. The second-order valence-electron chi connectivity index (χ2n) is 12.9. The Balaban J connectivity index is 0.00000145. The number of fused-ring (bicyclic) bond motifs is 2. The van der Waals surface area contributed by atoms with Crippen molar-refractivity contribution in [3.63, 3.8) is 0 Å². The molecule has 0 heterocycles. The lowest BCUT2D eigenvalue weighted by atomic mass is 9.57. The third-order valence-corrected chi connectivity index (χ3v) is 8.49. The van der Waals surface area contributed by atoms with Gasteiger partial charge < -0.3 is 9.84 Å². The molecule has 3 aliphatic carbocycles. The molecule has 0 amide bonds. The maximum Gasteiger partial charge on any atom is 0.0654 e. The highest BCUT2D eigenvalue weighted by Crippen LogP contribution is 2.64. The van der Waals surface area contributed by atoms with Crippen LogP contribution >= 0.6 is 0 Å². The van der Waals surface area contributed by atoms with Crippen LogP contribution in [0.15, 0.2) is 0 Å². The zero-order valence-electron chi connectivity index (χ0n) is 21.3. The number of rotatable bonds is 4. The van der Waals surface area contributed by atoms with Crippen molar-refractivity contribution in [2.45, 2.75) is 119 Å². The standard InChI is InChI=1S/C25H46O2.C2H6/c1-23(2,3)21-16-13-17(20(14-16)22(21)24(4,5)6)15-27-25(7,8)18-9-11-19(26)12-10-18;1-2/h16-22,26H,9-15H2,1-8H3;1-2H3. The van der Waals surface area contributed by atoms with E-state index in [9.17, 15) is 5.11 Å². The summed E-state index contributed by atoms with van der Waals surface area (Å²) in [6.07, 6.45) is 6.84. The van der Waals surface area contributed by atoms with Crippen LogP contribution < -0.4 is 0 Å². The fraction of sp³-hybridized carbons (Fsp3) is 1.00. The van der Waals surface area contributed by atoms with Crippen molar-refractivity contribution in [2.24, 2.45) is 46.3 Å². The zero-order valence-corrected chi connectivity index (χ0v) is 21.3. The molecule has 5 unspecified atom stereocenters. The number of ether oxygens (including phenoxy) is 1. The van der Waals surface area contributed by atoms with E-state index < -0.39 is 0 Å². The Bertz CT molecular complexity index is 502. The van der Waals surface area contributed by atoms with Gasteiger partial charge in [-0.3, -0.25) is 0 Å². The van der Waals surface area contributed by atoms with Crippen molar-refractivity contribution < 1.29 is 9.84 Å². The van der Waals surface area contributed by atoms with Crippen molar-refractivity contribution in [3.05, 3.63) is 0 Å². The monoisotopic (exact) mass is 408 g/mol. The fourth-order valence-corrected chi connectivity index (χ4v) is 7.32. The van der Waals surface area contributed by atoms with E-state index in [0.29, 0.717) is 16.7 Å². The van der Waals surface area contributed by atoms with E-state index in [1.165, 1.54) is 12.8 Å². The lowest BCUT2D eigenvalue weighted by Gasteiger charge is -2.49. The van der Waals surface area contributed by atoms with Crippen molar-refractivity contribution >= 4 is 0 Å². The third kappa shape index (κ3) is 5.59. The molecule has 0 aliphatic heterocycles. The van der Waals surface area contributed by atoms with Crippen LogP contribution in [0.25, 0.3) is 0 Å². The summed E-state index contributed by atoms with van der Waals surface area (Å²) in [4.78, 5) is 0. The molecule has 1 N–H and O–H groups in total. The first-order valence-corrected chi connectivity index (χ1v) is 12.6. The SMILES string of the molecule is CC.CC(C)(C)C1C2CC(COC(C)(C)C3CCC(O)CC3)C(C2)C1C(C)(C)C. The highest BCUT2D eigenvalue weighted by atomic mass is 16.5. The smallest absolute Gasteiger partial charge is 0.0654 e. The van der Waals surface area contributed by atoms with Gasteiger partial charge in [-0.2, -0.15) is 0 Å². The molecular weight excluding hydrogens is 356 g/mol. The van der Waals surface area contributed by atoms with E-state index in [1.54, 1.807) is 0 Å². The number of aliphatic hydroxyl groups excluding tert-OH is 1. The van der Waals surface area contributed by atoms with Crippen molar-refractivity contribution in [3.8, 4) is 0 Å². The molecule has 172 valence electrons. The molecule has 0 saturated heterocycles. The second kappa shape index (κ2) is 9.19. The highest BCUT2D eigenvalue weighted by Gasteiger charge is 2.58. The predicted octanol–water partition coefficient (Wildman–Crippen LogP) is 7.34. The van der Waals surface area contributed by atoms with Crippen LogP contribution in [0.1, 0.15) is 108 Å². The lowest BCUT2D eigenvalue weighted by Crippen LogP contribution is -2.45. The topological polar surface area (TPSA) is 29.5 Å². The van der Waals surface area contributed by atoms with Gasteiger partial charge in [-0.05, 0) is 98.7 Å². The summed E-state index contributed by atoms with van der Waals surface area (Å²) >= 11 is 0. The second-order valence-corrected chi connectivity index (χ2v) is 12.9. The van der Waals surface area contributed by atoms with Crippen molar-refractivity contribution in [2.75, 3.05) is 6.61 Å². The molecule has 2 heteroatoms. The largest absolute Gasteiger partial charge is 0.393 e. The Labute approximate surface area is 182 Å². The molecule has 3 fully saturated rings. The van der Waals surface area contributed by atoms with Crippen LogP contribution in [0.2, 0.25) is 0 Å². The maximum absolute atomic E-state index is 9.82. The van der Waals surface area contributed by atoms with Gasteiger partial charge in [-0.1, -0.05) is 55.4 Å². The van der Waals surface area contributed by atoms with Gasteiger partial charge in [0.25, 0.3) is 0 Å². The van der Waals surface area contributed by atoms with E-state index in [4.69, 9.17) is 4.74 Å². The minimum Gasteiger partial charge on any atom is -0.393 e. The Morgan fingerprint density at radius 1 is 0.759 bits per heavy atom. The van der Waals surface area contributed by atoms with Crippen LogP contribution in [0, 0.1) is 46.3 Å². The van der Waals surface area contributed by atoms with E-state index in [1.807, 2.05) is 13.8 Å². The molecule has 0 aromatic heterocycles. The molecule has 29 heavy (non-hydrogen) atoms. The Morgan fingerprint density at radius 3 is 1.76 bits per heavy atom. The van der Waals surface area contributed by atoms with Gasteiger partial charge in [0.15, 0.2) is 0 Å². The van der Waals surface area contributed by atoms with E-state index in [2.05, 4.69) is 55.4 Å². The van der Waals surface area contributed by atoms with Crippen LogP contribution in [0.3, 0.4) is 0 Å². The first kappa shape index (κ1) is 25.2. The summed E-state index contributed by atoms with van der Waals surface area (Å²) in [5, 5.41) is 9.82. The minimum absolute atomic E-state index is 0.0529. The molecule has 5 atom stereocenters. The molecule has 3 rings (SSSR count). The summed E-state index contributed by atoms with van der Waals surface area (Å²) in [7, 11) is 0.